The van der Waals surface area contributed by atoms with Gasteiger partial charge in [0, 0.05) is 41.7 Å². The Balaban J connectivity index is 1.45. The summed E-state index contributed by atoms with van der Waals surface area (Å²) in [5.41, 5.74) is 0.563. The van der Waals surface area contributed by atoms with Crippen molar-refractivity contribution in [3.05, 3.63) is 81.3 Å². The first-order valence-corrected chi connectivity index (χ1v) is 14.3. The molecule has 5 rings (SSSR count). The van der Waals surface area contributed by atoms with Crippen molar-refractivity contribution >= 4 is 57.4 Å². The maximum atomic E-state index is 13.4. The number of aromatic nitrogens is 2. The number of alkyl halides is 3. The van der Waals surface area contributed by atoms with Gasteiger partial charge in [0.1, 0.15) is 5.82 Å². The highest BCUT2D eigenvalue weighted by Crippen LogP contribution is 2.35. The van der Waals surface area contributed by atoms with Crippen molar-refractivity contribution in [3.8, 4) is 11.4 Å². The van der Waals surface area contributed by atoms with E-state index in [-0.39, 0.29) is 33.9 Å². The molecule has 0 spiro atoms. The van der Waals surface area contributed by atoms with E-state index >= 15 is 0 Å². The minimum absolute atomic E-state index is 0.0559. The predicted molar refractivity (Wildman–Crippen MR) is 163 cm³/mol. The number of rotatable bonds is 6. The molecular formula is C31H28Cl2F3N5O2. The summed E-state index contributed by atoms with van der Waals surface area (Å²) in [7, 11) is 0. The molecule has 0 radical (unpaired) electrons. The fourth-order valence-corrected chi connectivity index (χ4v) is 5.08. The van der Waals surface area contributed by atoms with Crippen LogP contribution in [0.4, 0.5) is 24.7 Å². The number of amides is 2. The Morgan fingerprint density at radius 1 is 0.953 bits per heavy atom. The van der Waals surface area contributed by atoms with Crippen molar-refractivity contribution in [1.82, 2.24) is 15.3 Å². The molecule has 1 aliphatic heterocycles. The van der Waals surface area contributed by atoms with E-state index in [0.717, 1.165) is 37.0 Å². The van der Waals surface area contributed by atoms with E-state index in [9.17, 15) is 22.8 Å². The number of nitrogens with zero attached hydrogens (tertiary/aromatic N) is 3. The zero-order valence-electron chi connectivity index (χ0n) is 23.6. The number of carbonyl (C=O) groups excluding carboxylic acids is 2. The zero-order valence-corrected chi connectivity index (χ0v) is 25.1. The van der Waals surface area contributed by atoms with E-state index in [1.54, 1.807) is 51.1 Å². The van der Waals surface area contributed by atoms with Crippen LogP contribution in [-0.2, 0) is 17.5 Å². The third kappa shape index (κ3) is 6.55. The van der Waals surface area contributed by atoms with Gasteiger partial charge in [-0.25, -0.2) is 9.97 Å². The van der Waals surface area contributed by atoms with Crippen molar-refractivity contribution in [2.75, 3.05) is 23.3 Å². The molecule has 0 bridgehead atoms. The molecule has 0 aliphatic carbocycles. The van der Waals surface area contributed by atoms with Crippen molar-refractivity contribution in [2.45, 2.75) is 39.9 Å². The van der Waals surface area contributed by atoms with Gasteiger partial charge < -0.3 is 15.5 Å². The Kier molecular flexibility index (Phi) is 8.28. The Bertz CT molecular complexity index is 1720. The molecule has 2 heterocycles. The lowest BCUT2D eigenvalue weighted by Gasteiger charge is -2.33. The van der Waals surface area contributed by atoms with E-state index in [4.69, 9.17) is 23.2 Å². The second-order valence-electron chi connectivity index (χ2n) is 11.3. The van der Waals surface area contributed by atoms with Crippen molar-refractivity contribution in [2.24, 2.45) is 5.41 Å². The van der Waals surface area contributed by atoms with Gasteiger partial charge in [0.15, 0.2) is 5.82 Å². The van der Waals surface area contributed by atoms with Gasteiger partial charge in [0.2, 0.25) is 5.91 Å². The zero-order chi connectivity index (χ0) is 31.1. The SMILES string of the molecule is CC(C)(C)C(=O)NCc1ccc(Cl)c(C(=O)Nc2ccc3c(N4CCC4)nc(-c4ccc(C(F)(F)F)cc4)nc3c2)c1Cl. The lowest BCUT2D eigenvalue weighted by atomic mass is 9.95. The number of carbonyl (C=O) groups is 2. The topological polar surface area (TPSA) is 87.2 Å². The standard InChI is InChI=1S/C31H28Cl2F3N5O2/c1-30(2,3)29(43)37-16-18-7-12-22(32)24(25(18)33)28(42)38-20-10-11-21-23(15-20)39-26(40-27(21)41-13-4-14-41)17-5-8-19(9-6-17)31(34,35)36/h5-12,15H,4,13-14,16H2,1-3H3,(H,37,43)(H,38,42). The summed E-state index contributed by atoms with van der Waals surface area (Å²) < 4.78 is 39.3. The van der Waals surface area contributed by atoms with E-state index in [0.29, 0.717) is 28.1 Å². The first-order chi connectivity index (χ1) is 20.2. The molecule has 0 atom stereocenters. The second-order valence-corrected chi connectivity index (χ2v) is 12.1. The average Bonchev–Trinajstić information content (AvgIpc) is 2.90. The Morgan fingerprint density at radius 2 is 1.65 bits per heavy atom. The van der Waals surface area contributed by atoms with Gasteiger partial charge in [-0.2, -0.15) is 13.2 Å². The van der Waals surface area contributed by atoms with Crippen LogP contribution in [-0.4, -0.2) is 34.9 Å². The molecule has 3 aromatic carbocycles. The molecule has 2 N–H and O–H groups in total. The van der Waals surface area contributed by atoms with Gasteiger partial charge in [-0.15, -0.1) is 0 Å². The number of hydrogen-bond donors (Lipinski definition) is 2. The summed E-state index contributed by atoms with van der Waals surface area (Å²) in [5.74, 6) is 0.206. The summed E-state index contributed by atoms with van der Waals surface area (Å²) in [6.07, 6.45) is -3.46. The minimum atomic E-state index is -4.45. The van der Waals surface area contributed by atoms with Crippen LogP contribution in [0.3, 0.4) is 0 Å². The molecular weight excluding hydrogens is 602 g/mol. The van der Waals surface area contributed by atoms with Gasteiger partial charge in [-0.3, -0.25) is 9.59 Å². The van der Waals surface area contributed by atoms with Crippen LogP contribution in [0, 0.1) is 5.41 Å². The van der Waals surface area contributed by atoms with E-state index in [1.807, 2.05) is 0 Å². The summed E-state index contributed by atoms with van der Waals surface area (Å²) >= 11 is 13.0. The molecule has 0 saturated carbocycles. The number of fused-ring (bicyclic) bond motifs is 1. The molecule has 1 aliphatic rings. The third-order valence-corrected chi connectivity index (χ3v) is 7.83. The van der Waals surface area contributed by atoms with Gasteiger partial charge >= 0.3 is 6.18 Å². The largest absolute Gasteiger partial charge is 0.416 e. The Morgan fingerprint density at radius 3 is 2.26 bits per heavy atom. The lowest BCUT2D eigenvalue weighted by Crippen LogP contribution is -2.37. The summed E-state index contributed by atoms with van der Waals surface area (Å²) in [6, 6.07) is 13.0. The summed E-state index contributed by atoms with van der Waals surface area (Å²) in [4.78, 5) is 37.1. The lowest BCUT2D eigenvalue weighted by molar-refractivity contribution is -0.137. The third-order valence-electron chi connectivity index (χ3n) is 7.08. The highest BCUT2D eigenvalue weighted by atomic mass is 35.5. The van der Waals surface area contributed by atoms with Crippen LogP contribution < -0.4 is 15.5 Å². The first kappa shape index (κ1) is 30.6. The first-order valence-electron chi connectivity index (χ1n) is 13.5. The highest BCUT2D eigenvalue weighted by molar-refractivity contribution is 6.40. The number of hydrogen-bond acceptors (Lipinski definition) is 5. The molecule has 7 nitrogen and oxygen atoms in total. The monoisotopic (exact) mass is 629 g/mol. The molecule has 12 heteroatoms. The quantitative estimate of drug-likeness (QED) is 0.228. The molecule has 2 amide bonds. The van der Waals surface area contributed by atoms with E-state index < -0.39 is 23.1 Å². The highest BCUT2D eigenvalue weighted by Gasteiger charge is 2.30. The van der Waals surface area contributed by atoms with Crippen LogP contribution >= 0.6 is 23.2 Å². The minimum Gasteiger partial charge on any atom is -0.356 e. The molecule has 1 aromatic heterocycles. The Hall–Kier alpha value is -3.89. The molecule has 1 fully saturated rings. The molecule has 224 valence electrons. The fraction of sp³-hybridized carbons (Fsp3) is 0.290. The van der Waals surface area contributed by atoms with Gasteiger partial charge in [0.05, 0.1) is 26.7 Å². The summed E-state index contributed by atoms with van der Waals surface area (Å²) in [6.45, 7) is 7.07. The van der Waals surface area contributed by atoms with Crippen LogP contribution in [0.5, 0.6) is 0 Å². The smallest absolute Gasteiger partial charge is 0.356 e. The average molecular weight is 630 g/mol. The van der Waals surface area contributed by atoms with Crippen LogP contribution in [0.25, 0.3) is 22.3 Å². The number of nitrogens with one attached hydrogen (secondary N) is 2. The van der Waals surface area contributed by atoms with Gasteiger partial charge in [-0.05, 0) is 48.4 Å². The maximum Gasteiger partial charge on any atom is 0.416 e. The molecule has 43 heavy (non-hydrogen) atoms. The molecule has 1 saturated heterocycles. The van der Waals surface area contributed by atoms with Gasteiger partial charge in [0.25, 0.3) is 5.91 Å². The number of benzene rings is 3. The molecule has 4 aromatic rings. The number of halogens is 5. The van der Waals surface area contributed by atoms with Gasteiger partial charge in [-0.1, -0.05) is 62.2 Å². The predicted octanol–water partition coefficient (Wildman–Crippen LogP) is 7.75. The molecule has 0 unspecified atom stereocenters. The van der Waals surface area contributed by atoms with Crippen LogP contribution in [0.2, 0.25) is 10.0 Å². The van der Waals surface area contributed by atoms with Crippen LogP contribution in [0.1, 0.15) is 48.7 Å². The van der Waals surface area contributed by atoms with Crippen molar-refractivity contribution in [1.29, 1.82) is 0 Å². The van der Waals surface area contributed by atoms with Crippen molar-refractivity contribution < 1.29 is 22.8 Å². The van der Waals surface area contributed by atoms with Crippen LogP contribution in [0.15, 0.2) is 54.6 Å². The summed E-state index contributed by atoms with van der Waals surface area (Å²) in [5, 5.41) is 6.62. The normalized spacial score (nSPS) is 13.5. The number of anilines is 2. The maximum absolute atomic E-state index is 13.4. The fourth-order valence-electron chi connectivity index (χ4n) is 4.47. The van der Waals surface area contributed by atoms with E-state index in [2.05, 4.69) is 25.5 Å². The Labute approximate surface area is 256 Å². The van der Waals surface area contributed by atoms with Crippen molar-refractivity contribution in [3.63, 3.8) is 0 Å². The second kappa shape index (κ2) is 11.7. The van der Waals surface area contributed by atoms with E-state index in [1.165, 1.54) is 12.1 Å².